The maximum Gasteiger partial charge on any atom is 0.314 e. The largest absolute Gasteiger partial charge is 0.338 e. The fourth-order valence-electron chi connectivity index (χ4n) is 0.836. The van der Waals surface area contributed by atoms with Crippen LogP contribution in [-0.4, -0.2) is 25.2 Å². The lowest BCUT2D eigenvalue weighted by Gasteiger charge is -2.12. The summed E-state index contributed by atoms with van der Waals surface area (Å²) in [4.78, 5) is 11.0. The fraction of sp³-hybridized carbons (Fsp3) is 0.875. The van der Waals surface area contributed by atoms with Crippen molar-refractivity contribution >= 4 is 6.03 Å². The molecule has 0 rings (SSSR count). The van der Waals surface area contributed by atoms with Crippen LogP contribution in [0.1, 0.15) is 26.7 Å². The zero-order chi connectivity index (χ0) is 9.40. The SMILES string of the molecule is CCCNC(=O)NC(C)CCN. The van der Waals surface area contributed by atoms with Gasteiger partial charge in [-0.3, -0.25) is 0 Å². The highest BCUT2D eigenvalue weighted by molar-refractivity contribution is 5.74. The third-order valence-corrected chi connectivity index (χ3v) is 1.51. The van der Waals surface area contributed by atoms with Gasteiger partial charge in [-0.15, -0.1) is 0 Å². The van der Waals surface area contributed by atoms with Crippen LogP contribution in [0.3, 0.4) is 0 Å². The second-order valence-corrected chi connectivity index (χ2v) is 2.88. The van der Waals surface area contributed by atoms with Gasteiger partial charge in [0.05, 0.1) is 0 Å². The topological polar surface area (TPSA) is 67.2 Å². The average molecular weight is 173 g/mol. The van der Waals surface area contributed by atoms with E-state index in [1.54, 1.807) is 0 Å². The molecular weight excluding hydrogens is 154 g/mol. The minimum absolute atomic E-state index is 0.0993. The lowest BCUT2D eigenvalue weighted by molar-refractivity contribution is 0.237. The van der Waals surface area contributed by atoms with E-state index in [1.165, 1.54) is 0 Å². The summed E-state index contributed by atoms with van der Waals surface area (Å²) in [5.74, 6) is 0. The number of carbonyl (C=O) groups excluding carboxylic acids is 1. The van der Waals surface area contributed by atoms with Crippen molar-refractivity contribution in [3.63, 3.8) is 0 Å². The average Bonchev–Trinajstić information content (AvgIpc) is 2.01. The summed E-state index contributed by atoms with van der Waals surface area (Å²) in [6.45, 7) is 5.29. The second kappa shape index (κ2) is 6.91. The summed E-state index contributed by atoms with van der Waals surface area (Å²) in [6.07, 6.45) is 1.78. The Kier molecular flexibility index (Phi) is 6.47. The smallest absolute Gasteiger partial charge is 0.314 e. The van der Waals surface area contributed by atoms with E-state index in [0.29, 0.717) is 6.54 Å². The highest BCUT2D eigenvalue weighted by Gasteiger charge is 2.03. The highest BCUT2D eigenvalue weighted by Crippen LogP contribution is 1.86. The van der Waals surface area contributed by atoms with Crippen LogP contribution in [0.4, 0.5) is 4.79 Å². The fourth-order valence-corrected chi connectivity index (χ4v) is 0.836. The Morgan fingerprint density at radius 1 is 1.58 bits per heavy atom. The van der Waals surface area contributed by atoms with Gasteiger partial charge in [0.2, 0.25) is 0 Å². The highest BCUT2D eigenvalue weighted by atomic mass is 16.2. The van der Waals surface area contributed by atoms with Gasteiger partial charge in [-0.25, -0.2) is 4.79 Å². The summed E-state index contributed by atoms with van der Waals surface area (Å²) in [7, 11) is 0. The molecule has 72 valence electrons. The summed E-state index contributed by atoms with van der Waals surface area (Å²) in [6, 6.07) is 0.0599. The van der Waals surface area contributed by atoms with E-state index in [4.69, 9.17) is 5.73 Å². The van der Waals surface area contributed by atoms with Gasteiger partial charge in [0.15, 0.2) is 0 Å². The number of urea groups is 1. The Balaban J connectivity index is 3.40. The van der Waals surface area contributed by atoms with Gasteiger partial charge >= 0.3 is 6.03 Å². The number of hydrogen-bond donors (Lipinski definition) is 3. The molecule has 4 heteroatoms. The van der Waals surface area contributed by atoms with Crippen LogP contribution in [0.2, 0.25) is 0 Å². The molecule has 0 radical (unpaired) electrons. The van der Waals surface area contributed by atoms with E-state index < -0.39 is 0 Å². The second-order valence-electron chi connectivity index (χ2n) is 2.88. The number of carbonyl (C=O) groups is 1. The van der Waals surface area contributed by atoms with Gasteiger partial charge in [0.25, 0.3) is 0 Å². The molecule has 12 heavy (non-hydrogen) atoms. The molecule has 1 atom stereocenters. The molecule has 0 aromatic carbocycles. The van der Waals surface area contributed by atoms with Crippen LogP contribution < -0.4 is 16.4 Å². The molecular formula is C8H19N3O. The van der Waals surface area contributed by atoms with Crippen molar-refractivity contribution in [3.05, 3.63) is 0 Å². The van der Waals surface area contributed by atoms with E-state index in [1.807, 2.05) is 13.8 Å². The number of nitrogens with one attached hydrogen (secondary N) is 2. The van der Waals surface area contributed by atoms with Crippen LogP contribution in [0.5, 0.6) is 0 Å². The standard InChI is InChI=1S/C8H19N3O/c1-3-6-10-8(12)11-7(2)4-5-9/h7H,3-6,9H2,1-2H3,(H2,10,11,12). The summed E-state index contributed by atoms with van der Waals surface area (Å²) < 4.78 is 0. The van der Waals surface area contributed by atoms with E-state index in [-0.39, 0.29) is 12.1 Å². The number of rotatable bonds is 5. The van der Waals surface area contributed by atoms with Crippen molar-refractivity contribution in [2.24, 2.45) is 5.73 Å². The Morgan fingerprint density at radius 3 is 2.75 bits per heavy atom. The van der Waals surface area contributed by atoms with Crippen molar-refractivity contribution in [2.75, 3.05) is 13.1 Å². The zero-order valence-electron chi connectivity index (χ0n) is 7.89. The van der Waals surface area contributed by atoms with Crippen molar-refractivity contribution in [1.82, 2.24) is 10.6 Å². The first kappa shape index (κ1) is 11.2. The maximum absolute atomic E-state index is 11.0. The molecule has 0 spiro atoms. The molecule has 0 bridgehead atoms. The van der Waals surface area contributed by atoms with E-state index in [0.717, 1.165) is 19.4 Å². The molecule has 0 aromatic heterocycles. The molecule has 0 aliphatic heterocycles. The third kappa shape index (κ3) is 5.97. The quantitative estimate of drug-likeness (QED) is 0.564. The molecule has 4 N–H and O–H groups in total. The third-order valence-electron chi connectivity index (χ3n) is 1.51. The molecule has 0 aliphatic rings. The number of nitrogens with two attached hydrogens (primary N) is 1. The normalized spacial score (nSPS) is 12.2. The van der Waals surface area contributed by atoms with Crippen molar-refractivity contribution in [3.8, 4) is 0 Å². The van der Waals surface area contributed by atoms with E-state index >= 15 is 0 Å². The predicted molar refractivity (Wildman–Crippen MR) is 50.0 cm³/mol. The number of hydrogen-bond acceptors (Lipinski definition) is 2. The molecule has 0 aliphatic carbocycles. The summed E-state index contributed by atoms with van der Waals surface area (Å²) in [5, 5.41) is 5.52. The zero-order valence-corrected chi connectivity index (χ0v) is 7.89. The van der Waals surface area contributed by atoms with Crippen LogP contribution in [-0.2, 0) is 0 Å². The van der Waals surface area contributed by atoms with E-state index in [9.17, 15) is 4.79 Å². The Hall–Kier alpha value is -0.770. The van der Waals surface area contributed by atoms with Crippen LogP contribution in [0, 0.1) is 0 Å². The Morgan fingerprint density at radius 2 is 2.25 bits per heavy atom. The predicted octanol–water partition coefficient (Wildman–Crippen LogP) is 0.433. The monoisotopic (exact) mass is 173 g/mol. The Bertz CT molecular complexity index is 127. The molecule has 0 fully saturated rings. The first-order chi connectivity index (χ1) is 5.70. The first-order valence-corrected chi connectivity index (χ1v) is 4.45. The van der Waals surface area contributed by atoms with Gasteiger partial charge in [-0.1, -0.05) is 6.92 Å². The van der Waals surface area contributed by atoms with Gasteiger partial charge < -0.3 is 16.4 Å². The van der Waals surface area contributed by atoms with Gasteiger partial charge in [0.1, 0.15) is 0 Å². The Labute approximate surface area is 73.9 Å². The lowest BCUT2D eigenvalue weighted by Crippen LogP contribution is -2.41. The van der Waals surface area contributed by atoms with Gasteiger partial charge in [-0.05, 0) is 26.3 Å². The molecule has 0 saturated carbocycles. The molecule has 2 amide bonds. The number of amides is 2. The van der Waals surface area contributed by atoms with Gasteiger partial charge in [0, 0.05) is 12.6 Å². The first-order valence-electron chi connectivity index (χ1n) is 4.45. The molecule has 0 saturated heterocycles. The lowest BCUT2D eigenvalue weighted by atomic mass is 10.2. The minimum atomic E-state index is -0.0993. The van der Waals surface area contributed by atoms with Crippen molar-refractivity contribution in [2.45, 2.75) is 32.7 Å². The summed E-state index contributed by atoms with van der Waals surface area (Å²) in [5.41, 5.74) is 5.33. The van der Waals surface area contributed by atoms with E-state index in [2.05, 4.69) is 10.6 Å². The van der Waals surface area contributed by atoms with Gasteiger partial charge in [-0.2, -0.15) is 0 Å². The molecule has 0 heterocycles. The minimum Gasteiger partial charge on any atom is -0.338 e. The van der Waals surface area contributed by atoms with Crippen LogP contribution >= 0.6 is 0 Å². The van der Waals surface area contributed by atoms with Crippen LogP contribution in [0.15, 0.2) is 0 Å². The van der Waals surface area contributed by atoms with Crippen LogP contribution in [0.25, 0.3) is 0 Å². The molecule has 0 aromatic rings. The molecule has 4 nitrogen and oxygen atoms in total. The maximum atomic E-state index is 11.0. The molecule has 1 unspecified atom stereocenters. The van der Waals surface area contributed by atoms with Crippen molar-refractivity contribution in [1.29, 1.82) is 0 Å². The van der Waals surface area contributed by atoms with Crippen molar-refractivity contribution < 1.29 is 4.79 Å². The summed E-state index contributed by atoms with van der Waals surface area (Å²) >= 11 is 0.